The lowest BCUT2D eigenvalue weighted by atomic mass is 10.0. The van der Waals surface area contributed by atoms with Gasteiger partial charge in [-0.25, -0.2) is 13.1 Å². The SMILES string of the molecule is CCS(=O)(=O)NC1CCCN(C(=O)C2Cc3cc(Cl)ccc3O2)C1. The van der Waals surface area contributed by atoms with Gasteiger partial charge in [0.25, 0.3) is 5.91 Å². The van der Waals surface area contributed by atoms with E-state index in [0.717, 1.165) is 18.4 Å². The van der Waals surface area contributed by atoms with E-state index in [1.165, 1.54) is 0 Å². The summed E-state index contributed by atoms with van der Waals surface area (Å²) in [6.07, 6.45) is 1.45. The van der Waals surface area contributed by atoms with Crippen molar-refractivity contribution < 1.29 is 17.9 Å². The van der Waals surface area contributed by atoms with Crippen LogP contribution in [0.25, 0.3) is 0 Å². The molecule has 1 N–H and O–H groups in total. The number of carbonyl (C=O) groups excluding carboxylic acids is 1. The number of ether oxygens (including phenoxy) is 1. The predicted octanol–water partition coefficient (Wildman–Crippen LogP) is 1.57. The summed E-state index contributed by atoms with van der Waals surface area (Å²) in [6.45, 7) is 2.61. The summed E-state index contributed by atoms with van der Waals surface area (Å²) >= 11 is 5.98. The fourth-order valence-corrected chi connectivity index (χ4v) is 4.23. The fourth-order valence-electron chi connectivity index (χ4n) is 3.17. The van der Waals surface area contributed by atoms with Gasteiger partial charge in [-0.15, -0.1) is 0 Å². The number of nitrogens with one attached hydrogen (secondary N) is 1. The highest BCUT2D eigenvalue weighted by molar-refractivity contribution is 7.89. The molecule has 1 amide bonds. The maximum atomic E-state index is 12.7. The van der Waals surface area contributed by atoms with Crippen molar-refractivity contribution in [1.82, 2.24) is 9.62 Å². The molecule has 2 aliphatic rings. The van der Waals surface area contributed by atoms with Crippen LogP contribution in [0.1, 0.15) is 25.3 Å². The van der Waals surface area contributed by atoms with Crippen LogP contribution in [0.2, 0.25) is 5.02 Å². The molecule has 0 bridgehead atoms. The Balaban J connectivity index is 1.63. The smallest absolute Gasteiger partial charge is 0.264 e. The van der Waals surface area contributed by atoms with Crippen LogP contribution in [0.4, 0.5) is 0 Å². The summed E-state index contributed by atoms with van der Waals surface area (Å²) in [5, 5.41) is 0.623. The van der Waals surface area contributed by atoms with Gasteiger partial charge in [-0.05, 0) is 43.5 Å². The first-order valence-electron chi connectivity index (χ1n) is 8.12. The molecular weight excluding hydrogens is 352 g/mol. The van der Waals surface area contributed by atoms with Gasteiger partial charge < -0.3 is 9.64 Å². The summed E-state index contributed by atoms with van der Waals surface area (Å²) in [7, 11) is -3.27. The van der Waals surface area contributed by atoms with E-state index in [1.54, 1.807) is 24.0 Å². The Morgan fingerprint density at radius 1 is 1.46 bits per heavy atom. The topological polar surface area (TPSA) is 75.7 Å². The predicted molar refractivity (Wildman–Crippen MR) is 91.8 cm³/mol. The Kier molecular flexibility index (Phi) is 5.03. The van der Waals surface area contributed by atoms with Gasteiger partial charge in [-0.1, -0.05) is 11.6 Å². The molecule has 24 heavy (non-hydrogen) atoms. The summed E-state index contributed by atoms with van der Waals surface area (Å²) in [4.78, 5) is 14.4. The number of carbonyl (C=O) groups is 1. The average Bonchev–Trinajstić information content (AvgIpc) is 2.97. The van der Waals surface area contributed by atoms with Crippen molar-refractivity contribution in [3.05, 3.63) is 28.8 Å². The molecule has 8 heteroatoms. The van der Waals surface area contributed by atoms with Gasteiger partial charge >= 0.3 is 0 Å². The molecule has 0 aromatic heterocycles. The number of amides is 1. The van der Waals surface area contributed by atoms with Crippen LogP contribution in [0.3, 0.4) is 0 Å². The summed E-state index contributed by atoms with van der Waals surface area (Å²) in [5.74, 6) is 0.639. The van der Waals surface area contributed by atoms with Gasteiger partial charge in [-0.3, -0.25) is 4.79 Å². The summed E-state index contributed by atoms with van der Waals surface area (Å²) < 4.78 is 31.9. The van der Waals surface area contributed by atoms with Gasteiger partial charge in [-0.2, -0.15) is 0 Å². The molecule has 0 spiro atoms. The normalized spacial score (nSPS) is 23.7. The van der Waals surface area contributed by atoms with Gasteiger partial charge in [0.1, 0.15) is 5.75 Å². The number of hydrogen-bond donors (Lipinski definition) is 1. The minimum absolute atomic E-state index is 0.0409. The number of rotatable bonds is 4. The highest BCUT2D eigenvalue weighted by Gasteiger charge is 2.35. The van der Waals surface area contributed by atoms with E-state index in [2.05, 4.69) is 4.72 Å². The van der Waals surface area contributed by atoms with Crippen molar-refractivity contribution in [2.24, 2.45) is 0 Å². The molecule has 0 radical (unpaired) electrons. The zero-order valence-electron chi connectivity index (χ0n) is 13.5. The number of benzene rings is 1. The molecule has 0 saturated carbocycles. The summed E-state index contributed by atoms with van der Waals surface area (Å²) in [5.41, 5.74) is 0.932. The lowest BCUT2D eigenvalue weighted by Crippen LogP contribution is -2.52. The van der Waals surface area contributed by atoms with E-state index in [1.807, 2.05) is 6.07 Å². The summed E-state index contributed by atoms with van der Waals surface area (Å²) in [6, 6.07) is 5.10. The first kappa shape index (κ1) is 17.5. The molecule has 6 nitrogen and oxygen atoms in total. The third kappa shape index (κ3) is 3.84. The molecule has 2 heterocycles. The minimum Gasteiger partial charge on any atom is -0.480 e. The van der Waals surface area contributed by atoms with Crippen LogP contribution in [-0.2, 0) is 21.2 Å². The van der Waals surface area contributed by atoms with Crippen LogP contribution in [0.15, 0.2) is 18.2 Å². The van der Waals surface area contributed by atoms with Crippen LogP contribution in [0.5, 0.6) is 5.75 Å². The maximum absolute atomic E-state index is 12.7. The van der Waals surface area contributed by atoms with Crippen LogP contribution in [0, 0.1) is 0 Å². The first-order chi connectivity index (χ1) is 11.4. The lowest BCUT2D eigenvalue weighted by molar-refractivity contribution is -0.139. The second-order valence-electron chi connectivity index (χ2n) is 6.21. The standard InChI is InChI=1S/C16H21ClN2O4S/c1-2-24(21,22)18-13-4-3-7-19(10-13)16(20)15-9-11-8-12(17)5-6-14(11)23-15/h5-6,8,13,15,18H,2-4,7,9-10H2,1H3. The third-order valence-corrected chi connectivity index (χ3v) is 6.12. The highest BCUT2D eigenvalue weighted by atomic mass is 35.5. The lowest BCUT2D eigenvalue weighted by Gasteiger charge is -2.34. The van der Waals surface area contributed by atoms with Crippen LogP contribution < -0.4 is 9.46 Å². The molecule has 1 fully saturated rings. The first-order valence-corrected chi connectivity index (χ1v) is 10.1. The van der Waals surface area contributed by atoms with Gasteiger partial charge in [0, 0.05) is 30.6 Å². The molecular formula is C16H21ClN2O4S. The molecule has 3 rings (SSSR count). The number of halogens is 1. The molecule has 2 unspecified atom stereocenters. The molecule has 1 saturated heterocycles. The maximum Gasteiger partial charge on any atom is 0.264 e. The van der Waals surface area contributed by atoms with Crippen molar-refractivity contribution in [3.8, 4) is 5.75 Å². The van der Waals surface area contributed by atoms with Crippen molar-refractivity contribution in [3.63, 3.8) is 0 Å². The van der Waals surface area contributed by atoms with Crippen molar-refractivity contribution >= 4 is 27.5 Å². The number of fused-ring (bicyclic) bond motifs is 1. The van der Waals surface area contributed by atoms with E-state index >= 15 is 0 Å². The average molecular weight is 373 g/mol. The molecule has 1 aromatic rings. The monoisotopic (exact) mass is 372 g/mol. The minimum atomic E-state index is -3.27. The Hall–Kier alpha value is -1.31. The molecule has 2 atom stereocenters. The second-order valence-corrected chi connectivity index (χ2v) is 8.69. The van der Waals surface area contributed by atoms with E-state index in [9.17, 15) is 13.2 Å². The number of sulfonamides is 1. The Morgan fingerprint density at radius 3 is 3.00 bits per heavy atom. The zero-order chi connectivity index (χ0) is 17.3. The molecule has 132 valence electrons. The van der Waals surface area contributed by atoms with E-state index < -0.39 is 16.1 Å². The van der Waals surface area contributed by atoms with Crippen LogP contribution >= 0.6 is 11.6 Å². The molecule has 2 aliphatic heterocycles. The number of piperidine rings is 1. The van der Waals surface area contributed by atoms with Gasteiger partial charge in [0.05, 0.1) is 5.75 Å². The molecule has 0 aliphatic carbocycles. The van der Waals surface area contributed by atoms with Gasteiger partial charge in [0.2, 0.25) is 10.0 Å². The quantitative estimate of drug-likeness (QED) is 0.870. The molecule has 1 aromatic carbocycles. The van der Waals surface area contributed by atoms with Crippen LogP contribution in [-0.4, -0.2) is 50.2 Å². The second kappa shape index (κ2) is 6.90. The van der Waals surface area contributed by atoms with Crippen molar-refractivity contribution in [2.45, 2.75) is 38.3 Å². The van der Waals surface area contributed by atoms with E-state index in [4.69, 9.17) is 16.3 Å². The Morgan fingerprint density at radius 2 is 2.25 bits per heavy atom. The number of likely N-dealkylation sites (tertiary alicyclic amines) is 1. The highest BCUT2D eigenvalue weighted by Crippen LogP contribution is 2.32. The Labute approximate surface area is 147 Å². The largest absolute Gasteiger partial charge is 0.480 e. The van der Waals surface area contributed by atoms with E-state index in [-0.39, 0.29) is 17.7 Å². The fraction of sp³-hybridized carbons (Fsp3) is 0.562. The van der Waals surface area contributed by atoms with Gasteiger partial charge in [0.15, 0.2) is 6.10 Å². The van der Waals surface area contributed by atoms with Crippen molar-refractivity contribution in [2.75, 3.05) is 18.8 Å². The number of hydrogen-bond acceptors (Lipinski definition) is 4. The van der Waals surface area contributed by atoms with Crippen molar-refractivity contribution in [1.29, 1.82) is 0 Å². The zero-order valence-corrected chi connectivity index (χ0v) is 15.1. The third-order valence-electron chi connectivity index (χ3n) is 4.43. The number of nitrogens with zero attached hydrogens (tertiary/aromatic N) is 1. The van der Waals surface area contributed by atoms with E-state index in [0.29, 0.717) is 30.3 Å². The Bertz CT molecular complexity index is 738.